The molecule has 1 fully saturated rings. The first kappa shape index (κ1) is 18.4. The second-order valence-corrected chi connectivity index (χ2v) is 5.88. The Morgan fingerprint density at radius 2 is 1.92 bits per heavy atom. The molecule has 8 heteroatoms. The predicted octanol–water partition coefficient (Wildman–Crippen LogP) is 1.16. The summed E-state index contributed by atoms with van der Waals surface area (Å²) >= 11 is 0. The number of benzene rings is 1. The van der Waals surface area contributed by atoms with Crippen LogP contribution in [0.25, 0.3) is 0 Å². The average Bonchev–Trinajstić information content (AvgIpc) is 3.31. The fourth-order valence-corrected chi connectivity index (χ4v) is 2.49. The van der Waals surface area contributed by atoms with E-state index in [9.17, 15) is 9.59 Å². The summed E-state index contributed by atoms with van der Waals surface area (Å²) in [6.45, 7) is 3.28. The summed E-state index contributed by atoms with van der Waals surface area (Å²) in [6.07, 6.45) is 1.37. The number of amides is 2. The molecule has 1 aliphatic carbocycles. The number of ether oxygens (including phenoxy) is 2. The molecule has 1 aliphatic heterocycles. The van der Waals surface area contributed by atoms with Crippen LogP contribution in [0.3, 0.4) is 0 Å². The van der Waals surface area contributed by atoms with E-state index in [1.807, 2.05) is 6.92 Å². The molecule has 1 heterocycles. The molecule has 0 bridgehead atoms. The van der Waals surface area contributed by atoms with E-state index in [0.29, 0.717) is 49.8 Å². The van der Waals surface area contributed by atoms with E-state index in [2.05, 4.69) is 5.32 Å². The van der Waals surface area contributed by atoms with Gasteiger partial charge in [0.05, 0.1) is 12.1 Å². The van der Waals surface area contributed by atoms with Crippen molar-refractivity contribution in [1.29, 1.82) is 0 Å². The van der Waals surface area contributed by atoms with Crippen molar-refractivity contribution in [3.63, 3.8) is 0 Å². The molecule has 3 N–H and O–H groups in total. The Labute approximate surface area is 146 Å². The van der Waals surface area contributed by atoms with Gasteiger partial charge in [-0.2, -0.15) is 0 Å². The van der Waals surface area contributed by atoms with E-state index < -0.39 is 5.54 Å². The van der Waals surface area contributed by atoms with Gasteiger partial charge in [-0.1, -0.05) is 0 Å². The number of carbonyl (C=O) groups excluding carboxylic acids is 2. The monoisotopic (exact) mass is 355 g/mol. The van der Waals surface area contributed by atoms with Gasteiger partial charge in [-0.25, -0.2) is 0 Å². The van der Waals surface area contributed by atoms with Crippen molar-refractivity contribution in [3.8, 4) is 11.5 Å². The van der Waals surface area contributed by atoms with E-state index >= 15 is 0 Å². The summed E-state index contributed by atoms with van der Waals surface area (Å²) in [5, 5.41) is 2.77. The molecule has 2 amide bonds. The minimum atomic E-state index is -0.757. The lowest BCUT2D eigenvalue weighted by Gasteiger charge is -2.24. The zero-order valence-electron chi connectivity index (χ0n) is 13.5. The van der Waals surface area contributed by atoms with Crippen molar-refractivity contribution in [3.05, 3.63) is 18.2 Å². The fraction of sp³-hybridized carbons (Fsp3) is 0.500. The maximum atomic E-state index is 12.2. The molecule has 2 aliphatic rings. The quantitative estimate of drug-likeness (QED) is 0.826. The number of nitrogens with two attached hydrogens (primary N) is 1. The Morgan fingerprint density at radius 3 is 2.54 bits per heavy atom. The number of fused-ring (bicyclic) bond motifs is 1. The summed E-state index contributed by atoms with van der Waals surface area (Å²) in [6, 6.07) is 5.22. The van der Waals surface area contributed by atoms with Gasteiger partial charge in [0.15, 0.2) is 11.5 Å². The molecular formula is C16H22ClN3O4. The van der Waals surface area contributed by atoms with E-state index in [-0.39, 0.29) is 30.8 Å². The molecule has 0 atom stereocenters. The molecular weight excluding hydrogens is 334 g/mol. The third kappa shape index (κ3) is 3.91. The highest BCUT2D eigenvalue weighted by Gasteiger charge is 2.48. The lowest BCUT2D eigenvalue weighted by atomic mass is 10.2. The summed E-state index contributed by atoms with van der Waals surface area (Å²) in [7, 11) is 0. The van der Waals surface area contributed by atoms with Crippen LogP contribution in [-0.2, 0) is 9.59 Å². The number of nitrogens with one attached hydrogen (secondary N) is 1. The van der Waals surface area contributed by atoms with Crippen LogP contribution in [0.5, 0.6) is 11.5 Å². The molecule has 132 valence electrons. The first-order valence-electron chi connectivity index (χ1n) is 7.79. The highest BCUT2D eigenvalue weighted by atomic mass is 35.5. The van der Waals surface area contributed by atoms with Crippen molar-refractivity contribution >= 4 is 29.9 Å². The van der Waals surface area contributed by atoms with Gasteiger partial charge in [0.2, 0.25) is 11.8 Å². The molecule has 0 aromatic heterocycles. The molecule has 1 saturated carbocycles. The SMILES string of the molecule is CCN(CC(=O)Nc1ccc2c(c1)OCCO2)C(=O)C1(N)CC1.Cl. The molecule has 0 unspecified atom stereocenters. The lowest BCUT2D eigenvalue weighted by Crippen LogP contribution is -2.48. The van der Waals surface area contributed by atoms with Crippen molar-refractivity contribution in [2.75, 3.05) is 31.6 Å². The Kier molecular flexibility index (Phi) is 5.56. The largest absolute Gasteiger partial charge is 0.486 e. The number of hydrogen-bond acceptors (Lipinski definition) is 5. The standard InChI is InChI=1S/C16H21N3O4.ClH/c1-2-19(15(21)16(17)5-6-16)10-14(20)18-11-3-4-12-13(9-11)23-8-7-22-12;/h3-4,9H,2,5-8,10,17H2,1H3,(H,18,20);1H. The van der Waals surface area contributed by atoms with Crippen LogP contribution < -0.4 is 20.5 Å². The summed E-state index contributed by atoms with van der Waals surface area (Å²) in [4.78, 5) is 25.9. The minimum Gasteiger partial charge on any atom is -0.486 e. The van der Waals surface area contributed by atoms with Gasteiger partial charge in [0.1, 0.15) is 13.2 Å². The third-order valence-corrected chi connectivity index (χ3v) is 4.04. The van der Waals surface area contributed by atoms with Crippen molar-refractivity contribution in [1.82, 2.24) is 4.90 Å². The van der Waals surface area contributed by atoms with Crippen molar-refractivity contribution in [2.45, 2.75) is 25.3 Å². The van der Waals surface area contributed by atoms with Crippen LogP contribution in [0.15, 0.2) is 18.2 Å². The van der Waals surface area contributed by atoms with Crippen LogP contribution in [0, 0.1) is 0 Å². The highest BCUT2D eigenvalue weighted by molar-refractivity contribution is 5.97. The molecule has 0 radical (unpaired) electrons. The number of rotatable bonds is 5. The van der Waals surface area contributed by atoms with Crippen LogP contribution in [0.4, 0.5) is 5.69 Å². The van der Waals surface area contributed by atoms with Gasteiger partial charge in [0.25, 0.3) is 0 Å². The molecule has 0 spiro atoms. The van der Waals surface area contributed by atoms with Crippen LogP contribution in [0.1, 0.15) is 19.8 Å². The van der Waals surface area contributed by atoms with E-state index in [0.717, 1.165) is 0 Å². The Bertz CT molecular complexity index is 634. The molecule has 3 rings (SSSR count). The molecule has 0 saturated heterocycles. The molecule has 1 aromatic carbocycles. The van der Waals surface area contributed by atoms with E-state index in [4.69, 9.17) is 15.2 Å². The summed E-state index contributed by atoms with van der Waals surface area (Å²) in [5.41, 5.74) is 5.77. The van der Waals surface area contributed by atoms with E-state index in [1.165, 1.54) is 4.90 Å². The van der Waals surface area contributed by atoms with Crippen molar-refractivity contribution < 1.29 is 19.1 Å². The van der Waals surface area contributed by atoms with Crippen LogP contribution in [0.2, 0.25) is 0 Å². The van der Waals surface area contributed by atoms with Crippen LogP contribution >= 0.6 is 12.4 Å². The Balaban J connectivity index is 0.00000208. The third-order valence-electron chi connectivity index (χ3n) is 4.04. The summed E-state index contributed by atoms with van der Waals surface area (Å²) < 4.78 is 10.9. The number of likely N-dealkylation sites (N-methyl/N-ethyl adjacent to an activating group) is 1. The van der Waals surface area contributed by atoms with Gasteiger partial charge < -0.3 is 25.4 Å². The fourth-order valence-electron chi connectivity index (χ4n) is 2.49. The van der Waals surface area contributed by atoms with Gasteiger partial charge in [-0.05, 0) is 31.9 Å². The number of hydrogen-bond donors (Lipinski definition) is 2. The normalized spacial score (nSPS) is 16.6. The topological polar surface area (TPSA) is 93.9 Å². The van der Waals surface area contributed by atoms with E-state index in [1.54, 1.807) is 18.2 Å². The highest BCUT2D eigenvalue weighted by Crippen LogP contribution is 2.34. The average molecular weight is 356 g/mol. The first-order valence-corrected chi connectivity index (χ1v) is 7.79. The Hall–Kier alpha value is -1.99. The first-order chi connectivity index (χ1) is 11.0. The molecule has 7 nitrogen and oxygen atoms in total. The van der Waals surface area contributed by atoms with Gasteiger partial charge >= 0.3 is 0 Å². The maximum absolute atomic E-state index is 12.2. The zero-order chi connectivity index (χ0) is 16.4. The smallest absolute Gasteiger partial charge is 0.243 e. The minimum absolute atomic E-state index is 0. The predicted molar refractivity (Wildman–Crippen MR) is 91.7 cm³/mol. The van der Waals surface area contributed by atoms with Gasteiger partial charge in [-0.3, -0.25) is 9.59 Å². The number of halogens is 1. The van der Waals surface area contributed by atoms with Crippen LogP contribution in [-0.4, -0.2) is 48.6 Å². The number of carbonyl (C=O) groups is 2. The zero-order valence-corrected chi connectivity index (χ0v) is 14.4. The Morgan fingerprint density at radius 1 is 1.25 bits per heavy atom. The van der Waals surface area contributed by atoms with Crippen molar-refractivity contribution in [2.24, 2.45) is 5.73 Å². The maximum Gasteiger partial charge on any atom is 0.243 e. The van der Waals surface area contributed by atoms with Gasteiger partial charge in [-0.15, -0.1) is 12.4 Å². The number of anilines is 1. The molecule has 24 heavy (non-hydrogen) atoms. The number of nitrogens with zero attached hydrogens (tertiary/aromatic N) is 1. The molecule has 1 aromatic rings. The van der Waals surface area contributed by atoms with Gasteiger partial charge in [0, 0.05) is 18.3 Å². The summed E-state index contributed by atoms with van der Waals surface area (Å²) in [5.74, 6) is 0.855. The lowest BCUT2D eigenvalue weighted by molar-refractivity contribution is -0.136. The second-order valence-electron chi connectivity index (χ2n) is 5.88. The second kappa shape index (κ2) is 7.27.